The monoisotopic (exact) mass is 364 g/mol. The number of H-pyrrole nitrogens is 1. The van der Waals surface area contributed by atoms with Gasteiger partial charge < -0.3 is 9.88 Å². The zero-order chi connectivity index (χ0) is 18.1. The fraction of sp³-hybridized carbons (Fsp3) is 0.143. The number of amides is 1. The first-order valence-electron chi connectivity index (χ1n) is 8.44. The molecule has 26 heavy (non-hydrogen) atoms. The van der Waals surface area contributed by atoms with Gasteiger partial charge in [-0.15, -0.1) is 0 Å². The Morgan fingerprint density at radius 2 is 1.81 bits per heavy atom. The molecule has 2 heterocycles. The van der Waals surface area contributed by atoms with Crippen LogP contribution >= 0.6 is 11.6 Å². The van der Waals surface area contributed by atoms with Gasteiger partial charge in [-0.25, -0.2) is 0 Å². The van der Waals surface area contributed by atoms with Gasteiger partial charge in [-0.2, -0.15) is 0 Å². The molecule has 4 rings (SSSR count). The number of carbonyl (C=O) groups is 1. The van der Waals surface area contributed by atoms with Crippen LogP contribution in [0.25, 0.3) is 0 Å². The fourth-order valence-corrected chi connectivity index (χ4v) is 3.67. The normalized spacial score (nSPS) is 16.2. The molecular weight excluding hydrogens is 348 g/mol. The Morgan fingerprint density at radius 1 is 1.08 bits per heavy atom. The van der Waals surface area contributed by atoms with E-state index in [4.69, 9.17) is 11.6 Å². The number of benzene rings is 2. The van der Waals surface area contributed by atoms with E-state index in [1.165, 1.54) is 23.4 Å². The Morgan fingerprint density at radius 3 is 2.58 bits per heavy atom. The molecule has 1 N–H and O–H groups in total. The van der Waals surface area contributed by atoms with Crippen LogP contribution in [0.15, 0.2) is 71.7 Å². The predicted octanol–water partition coefficient (Wildman–Crippen LogP) is 3.82. The summed E-state index contributed by atoms with van der Waals surface area (Å²) in [6, 6.07) is 19.8. The van der Waals surface area contributed by atoms with Crippen molar-refractivity contribution in [2.24, 2.45) is 0 Å². The summed E-state index contributed by atoms with van der Waals surface area (Å²) < 4.78 is 0. The molecular formula is C21H17ClN2O2. The number of hydrogen-bond donors (Lipinski definition) is 1. The molecule has 1 aliphatic heterocycles. The maximum atomic E-state index is 13.0. The summed E-state index contributed by atoms with van der Waals surface area (Å²) in [5.74, 6) is -0.0260. The van der Waals surface area contributed by atoms with Gasteiger partial charge in [-0.05, 0) is 22.8 Å². The maximum Gasteiger partial charge on any atom is 0.266 e. The predicted molar refractivity (Wildman–Crippen MR) is 102 cm³/mol. The van der Waals surface area contributed by atoms with Crippen LogP contribution in [0.2, 0.25) is 5.02 Å². The third-order valence-corrected chi connectivity index (χ3v) is 5.07. The van der Waals surface area contributed by atoms with Crippen molar-refractivity contribution in [1.82, 2.24) is 9.88 Å². The molecule has 0 fully saturated rings. The van der Waals surface area contributed by atoms with Crippen molar-refractivity contribution in [3.05, 3.63) is 104 Å². The lowest BCUT2D eigenvalue weighted by Crippen LogP contribution is -2.38. The SMILES string of the molecule is O=C(c1c[nH]c(=O)c(Cl)c1)N1Cc2ccccc2C(c2ccccc2)C1. The Labute approximate surface area is 156 Å². The first-order chi connectivity index (χ1) is 12.6. The lowest BCUT2D eigenvalue weighted by atomic mass is 9.84. The minimum Gasteiger partial charge on any atom is -0.333 e. The zero-order valence-electron chi connectivity index (χ0n) is 14.0. The number of hydrogen-bond acceptors (Lipinski definition) is 2. The van der Waals surface area contributed by atoms with Gasteiger partial charge in [-0.1, -0.05) is 66.2 Å². The number of aromatic nitrogens is 1. The molecule has 0 radical (unpaired) electrons. The van der Waals surface area contributed by atoms with Crippen LogP contribution in [-0.2, 0) is 6.54 Å². The molecule has 4 nitrogen and oxygen atoms in total. The molecule has 0 spiro atoms. The first kappa shape index (κ1) is 16.6. The van der Waals surface area contributed by atoms with Gasteiger partial charge in [0.15, 0.2) is 0 Å². The first-order valence-corrected chi connectivity index (χ1v) is 8.81. The quantitative estimate of drug-likeness (QED) is 0.751. The second-order valence-corrected chi connectivity index (χ2v) is 6.82. The van der Waals surface area contributed by atoms with E-state index >= 15 is 0 Å². The topological polar surface area (TPSA) is 53.2 Å². The number of rotatable bonds is 2. The van der Waals surface area contributed by atoms with Crippen molar-refractivity contribution in [1.29, 1.82) is 0 Å². The molecule has 1 atom stereocenters. The standard InChI is InChI=1S/C21H17ClN2O2/c22-19-10-16(11-23-20(19)25)21(26)24-12-15-8-4-5-9-17(15)18(13-24)14-6-2-1-3-7-14/h1-11,18H,12-13H2,(H,23,25). The molecule has 0 saturated heterocycles. The van der Waals surface area contributed by atoms with E-state index in [2.05, 4.69) is 29.2 Å². The number of pyridine rings is 1. The summed E-state index contributed by atoms with van der Waals surface area (Å²) in [6.07, 6.45) is 1.43. The van der Waals surface area contributed by atoms with Crippen LogP contribution < -0.4 is 5.56 Å². The number of halogens is 1. The highest BCUT2D eigenvalue weighted by atomic mass is 35.5. The zero-order valence-corrected chi connectivity index (χ0v) is 14.7. The minimum absolute atomic E-state index is 0.0212. The summed E-state index contributed by atoms with van der Waals surface area (Å²) in [6.45, 7) is 1.12. The molecule has 2 aromatic carbocycles. The van der Waals surface area contributed by atoms with Crippen LogP contribution in [0.3, 0.4) is 0 Å². The molecule has 130 valence electrons. The third kappa shape index (κ3) is 3.04. The molecule has 1 unspecified atom stereocenters. The maximum absolute atomic E-state index is 13.0. The average Bonchev–Trinajstić information content (AvgIpc) is 2.69. The van der Waals surface area contributed by atoms with E-state index in [-0.39, 0.29) is 16.8 Å². The summed E-state index contributed by atoms with van der Waals surface area (Å²) in [7, 11) is 0. The van der Waals surface area contributed by atoms with Gasteiger partial charge in [0.05, 0.1) is 5.56 Å². The van der Waals surface area contributed by atoms with Crippen LogP contribution in [-0.4, -0.2) is 22.3 Å². The van der Waals surface area contributed by atoms with Gasteiger partial charge >= 0.3 is 0 Å². The van der Waals surface area contributed by atoms with E-state index in [1.807, 2.05) is 35.2 Å². The summed E-state index contributed by atoms with van der Waals surface area (Å²) in [4.78, 5) is 28.8. The van der Waals surface area contributed by atoms with Crippen molar-refractivity contribution in [3.63, 3.8) is 0 Å². The lowest BCUT2D eigenvalue weighted by molar-refractivity contribution is 0.0724. The van der Waals surface area contributed by atoms with Gasteiger partial charge in [0.2, 0.25) is 0 Å². The average molecular weight is 365 g/mol. The van der Waals surface area contributed by atoms with Gasteiger partial charge in [0, 0.05) is 25.2 Å². The third-order valence-electron chi connectivity index (χ3n) is 4.79. The number of fused-ring (bicyclic) bond motifs is 1. The van der Waals surface area contributed by atoms with Crippen molar-refractivity contribution in [2.75, 3.05) is 6.54 Å². The second kappa shape index (κ2) is 6.81. The molecule has 1 aliphatic rings. The molecule has 0 aliphatic carbocycles. The highest BCUT2D eigenvalue weighted by Gasteiger charge is 2.29. The molecule has 1 aromatic heterocycles. The van der Waals surface area contributed by atoms with Gasteiger partial charge in [-0.3, -0.25) is 9.59 Å². The van der Waals surface area contributed by atoms with Crippen molar-refractivity contribution >= 4 is 17.5 Å². The Balaban J connectivity index is 1.72. The molecule has 5 heteroatoms. The molecule has 1 amide bonds. The Kier molecular flexibility index (Phi) is 4.35. The van der Waals surface area contributed by atoms with E-state index in [1.54, 1.807) is 0 Å². The van der Waals surface area contributed by atoms with E-state index in [0.717, 1.165) is 5.56 Å². The van der Waals surface area contributed by atoms with Crippen molar-refractivity contribution < 1.29 is 4.79 Å². The molecule has 3 aromatic rings. The van der Waals surface area contributed by atoms with Gasteiger partial charge in [0.1, 0.15) is 5.02 Å². The van der Waals surface area contributed by atoms with E-state index in [9.17, 15) is 9.59 Å². The Bertz CT molecular complexity index is 1010. The van der Waals surface area contributed by atoms with Crippen LogP contribution in [0.1, 0.15) is 33.0 Å². The minimum atomic E-state index is -0.394. The number of nitrogens with one attached hydrogen (secondary N) is 1. The number of aromatic amines is 1. The molecule has 0 saturated carbocycles. The van der Waals surface area contributed by atoms with Crippen LogP contribution in [0.5, 0.6) is 0 Å². The highest BCUT2D eigenvalue weighted by Crippen LogP contribution is 2.34. The fourth-order valence-electron chi connectivity index (χ4n) is 3.49. The summed E-state index contributed by atoms with van der Waals surface area (Å²) >= 11 is 5.89. The van der Waals surface area contributed by atoms with Crippen LogP contribution in [0, 0.1) is 0 Å². The largest absolute Gasteiger partial charge is 0.333 e. The molecule has 0 bridgehead atoms. The second-order valence-electron chi connectivity index (χ2n) is 6.41. The van der Waals surface area contributed by atoms with Crippen molar-refractivity contribution in [3.8, 4) is 0 Å². The smallest absolute Gasteiger partial charge is 0.266 e. The van der Waals surface area contributed by atoms with Crippen LogP contribution in [0.4, 0.5) is 0 Å². The number of carbonyl (C=O) groups excluding carboxylic acids is 1. The highest BCUT2D eigenvalue weighted by molar-refractivity contribution is 6.30. The summed E-state index contributed by atoms with van der Waals surface area (Å²) in [5.41, 5.74) is 3.56. The number of nitrogens with zero attached hydrogens (tertiary/aromatic N) is 1. The van der Waals surface area contributed by atoms with E-state index < -0.39 is 5.56 Å². The van der Waals surface area contributed by atoms with E-state index in [0.29, 0.717) is 18.7 Å². The van der Waals surface area contributed by atoms with Gasteiger partial charge in [0.25, 0.3) is 11.5 Å². The Hall–Kier alpha value is -2.85. The summed E-state index contributed by atoms with van der Waals surface area (Å²) in [5, 5.41) is 0.0212. The van der Waals surface area contributed by atoms with Crippen molar-refractivity contribution in [2.45, 2.75) is 12.5 Å². The lowest BCUT2D eigenvalue weighted by Gasteiger charge is -2.35.